The van der Waals surface area contributed by atoms with Crippen LogP contribution in [0.3, 0.4) is 0 Å². The van der Waals surface area contributed by atoms with Gasteiger partial charge in [0.2, 0.25) is 5.60 Å². The van der Waals surface area contributed by atoms with Gasteiger partial charge in [0.1, 0.15) is 6.10 Å². The second-order valence-corrected chi connectivity index (χ2v) is 6.46. The van der Waals surface area contributed by atoms with Gasteiger partial charge in [0.15, 0.2) is 17.3 Å². The first kappa shape index (κ1) is 24.9. The molecule has 27 heavy (non-hydrogen) atoms. The van der Waals surface area contributed by atoms with Crippen molar-refractivity contribution in [1.29, 1.82) is 0 Å². The minimum atomic E-state index is -3.31. The highest BCUT2D eigenvalue weighted by Crippen LogP contribution is 2.39. The molecule has 0 spiro atoms. The van der Waals surface area contributed by atoms with Crippen molar-refractivity contribution < 1.29 is 48.5 Å². The zero-order valence-corrected chi connectivity index (χ0v) is 16.4. The van der Waals surface area contributed by atoms with E-state index in [2.05, 4.69) is 12.6 Å². The Morgan fingerprint density at radius 1 is 0.889 bits per heavy atom. The molecule has 0 unspecified atom stereocenters. The normalized spacial score (nSPS) is 17.5. The number of hydrogen-bond acceptors (Lipinski definition) is 11. The Bertz CT molecular complexity index is 672. The number of ether oxygens (including phenoxy) is 2. The summed E-state index contributed by atoms with van der Waals surface area (Å²) in [6.07, 6.45) is -2.31. The fourth-order valence-corrected chi connectivity index (χ4v) is 2.92. The Hall–Kier alpha value is -2.11. The number of hydrogen-bond donors (Lipinski definition) is 3. The molecular weight excluding hydrogens is 384 g/mol. The Labute approximate surface area is 160 Å². The predicted octanol–water partition coefficient (Wildman–Crippen LogP) is -1.42. The molecule has 0 radical (unpaired) electrons. The second-order valence-electron chi connectivity index (χ2n) is 5.80. The fraction of sp³-hybridized carbons (Fsp3) is 0.625. The number of thiol groups is 1. The molecule has 0 aliphatic carbocycles. The van der Waals surface area contributed by atoms with Gasteiger partial charge in [-0.15, -0.1) is 0 Å². The van der Waals surface area contributed by atoms with E-state index < -0.39 is 64.2 Å². The lowest BCUT2D eigenvalue weighted by Crippen LogP contribution is -2.77. The molecule has 10 nitrogen and oxygen atoms in total. The molecule has 0 saturated carbocycles. The van der Waals surface area contributed by atoms with Crippen LogP contribution < -0.4 is 0 Å². The van der Waals surface area contributed by atoms with E-state index in [0.29, 0.717) is 6.92 Å². The maximum Gasteiger partial charge on any atom is 0.304 e. The van der Waals surface area contributed by atoms with E-state index in [-0.39, 0.29) is 0 Å². The van der Waals surface area contributed by atoms with Gasteiger partial charge in [-0.3, -0.25) is 28.8 Å². The molecule has 0 fully saturated rings. The van der Waals surface area contributed by atoms with Crippen LogP contribution in [0, 0.1) is 0 Å². The third-order valence-electron chi connectivity index (χ3n) is 3.75. The maximum atomic E-state index is 12.7. The molecule has 0 aliphatic heterocycles. The second kappa shape index (κ2) is 9.20. The third-order valence-corrected chi connectivity index (χ3v) is 4.20. The molecule has 0 bridgehead atoms. The van der Waals surface area contributed by atoms with Crippen LogP contribution in [-0.2, 0) is 38.2 Å². The van der Waals surface area contributed by atoms with Gasteiger partial charge in [-0.1, -0.05) is 0 Å². The average molecular weight is 406 g/mol. The van der Waals surface area contributed by atoms with E-state index in [4.69, 9.17) is 9.47 Å². The number of ketones is 4. The highest BCUT2D eigenvalue weighted by molar-refractivity contribution is 7.81. The number of Topliss-reactive ketones (excluding diaryl/α,β-unsaturated/α-hetero) is 4. The van der Waals surface area contributed by atoms with E-state index in [1.807, 2.05) is 0 Å². The summed E-state index contributed by atoms with van der Waals surface area (Å²) in [4.78, 5) is 72.9. The maximum absolute atomic E-state index is 12.7. The van der Waals surface area contributed by atoms with Crippen LogP contribution in [0.1, 0.15) is 34.6 Å². The summed E-state index contributed by atoms with van der Waals surface area (Å²) in [7, 11) is 0. The van der Waals surface area contributed by atoms with Gasteiger partial charge in [-0.2, -0.15) is 12.6 Å². The summed E-state index contributed by atoms with van der Waals surface area (Å²) in [5.74, 6) is -8.16. The van der Waals surface area contributed by atoms with E-state index in [1.54, 1.807) is 0 Å². The van der Waals surface area contributed by atoms with E-state index >= 15 is 0 Å². The predicted molar refractivity (Wildman–Crippen MR) is 91.9 cm³/mol. The van der Waals surface area contributed by atoms with Gasteiger partial charge in [0.05, 0.1) is 11.9 Å². The minimum Gasteiger partial charge on any atom is -0.443 e. The van der Waals surface area contributed by atoms with Crippen molar-refractivity contribution in [3.8, 4) is 0 Å². The number of aliphatic hydroxyl groups excluding tert-OH is 2. The number of carbonyl (C=O) groups excluding carboxylic acids is 6. The molecule has 4 atom stereocenters. The van der Waals surface area contributed by atoms with Crippen LogP contribution in [0.2, 0.25) is 0 Å². The van der Waals surface area contributed by atoms with Crippen LogP contribution >= 0.6 is 12.6 Å². The minimum absolute atomic E-state index is 0.712. The molecule has 0 aromatic heterocycles. The fourth-order valence-electron chi connectivity index (χ4n) is 2.71. The molecular formula is C16H22O10S. The molecule has 0 heterocycles. The molecule has 0 saturated heterocycles. The highest BCUT2D eigenvalue weighted by atomic mass is 32.1. The first-order chi connectivity index (χ1) is 12.2. The van der Waals surface area contributed by atoms with Crippen molar-refractivity contribution in [2.45, 2.75) is 57.2 Å². The van der Waals surface area contributed by atoms with Gasteiger partial charge in [-0.25, -0.2) is 0 Å². The van der Waals surface area contributed by atoms with Gasteiger partial charge >= 0.3 is 11.9 Å². The van der Waals surface area contributed by atoms with Crippen molar-refractivity contribution in [3.63, 3.8) is 0 Å². The van der Waals surface area contributed by atoms with Crippen molar-refractivity contribution in [1.82, 2.24) is 0 Å². The third kappa shape index (κ3) is 4.42. The largest absolute Gasteiger partial charge is 0.443 e. The Morgan fingerprint density at radius 2 is 1.33 bits per heavy atom. The smallest absolute Gasteiger partial charge is 0.304 e. The van der Waals surface area contributed by atoms with Crippen molar-refractivity contribution >= 4 is 47.7 Å². The van der Waals surface area contributed by atoms with Crippen LogP contribution in [0.15, 0.2) is 0 Å². The molecule has 0 amide bonds. The first-order valence-electron chi connectivity index (χ1n) is 7.65. The molecule has 0 aromatic rings. The molecule has 0 aliphatic rings. The monoisotopic (exact) mass is 406 g/mol. The lowest BCUT2D eigenvalue weighted by Gasteiger charge is -2.46. The van der Waals surface area contributed by atoms with Crippen LogP contribution in [0.5, 0.6) is 0 Å². The molecule has 11 heteroatoms. The van der Waals surface area contributed by atoms with Crippen LogP contribution in [-0.4, -0.2) is 74.4 Å². The van der Waals surface area contributed by atoms with Gasteiger partial charge in [0, 0.05) is 20.8 Å². The Balaban J connectivity index is 7.41. The summed E-state index contributed by atoms with van der Waals surface area (Å²) >= 11 is 3.85. The molecule has 152 valence electrons. The standard InChI is InChI=1S/C16H22O10S/c1-7(18)13(23)15(8(2)19,25-10(4)21)16(9(3)20,26-11(5)22)14(24)12(27)6-17/h12,14,17,24,27H,6H2,1-5H3/t12-,14-,15+,16+/m1/s1. The van der Waals surface area contributed by atoms with Gasteiger partial charge < -0.3 is 19.7 Å². The van der Waals surface area contributed by atoms with Gasteiger partial charge in [-0.05, 0) is 13.8 Å². The first-order valence-corrected chi connectivity index (χ1v) is 8.17. The SMILES string of the molecule is CC(=O)O[C@@](C(C)=O)(C(=O)C(C)=O)[C@](OC(C)=O)(C(C)=O)[C@H](O)[C@H](S)CO. The number of esters is 2. The molecule has 0 aromatic carbocycles. The van der Waals surface area contributed by atoms with E-state index in [1.165, 1.54) is 0 Å². The lowest BCUT2D eigenvalue weighted by atomic mass is 9.69. The number of rotatable bonds is 10. The van der Waals surface area contributed by atoms with E-state index in [0.717, 1.165) is 27.7 Å². The van der Waals surface area contributed by atoms with Crippen molar-refractivity contribution in [2.24, 2.45) is 0 Å². The highest BCUT2D eigenvalue weighted by Gasteiger charge is 2.73. The zero-order valence-electron chi connectivity index (χ0n) is 15.5. The van der Waals surface area contributed by atoms with Crippen molar-refractivity contribution in [3.05, 3.63) is 0 Å². The average Bonchev–Trinajstić information content (AvgIpc) is 2.54. The topological polar surface area (TPSA) is 161 Å². The lowest BCUT2D eigenvalue weighted by molar-refractivity contribution is -0.226. The van der Waals surface area contributed by atoms with Crippen molar-refractivity contribution in [2.75, 3.05) is 6.61 Å². The van der Waals surface area contributed by atoms with Gasteiger partial charge in [0.25, 0.3) is 11.4 Å². The van der Waals surface area contributed by atoms with Crippen LogP contribution in [0.25, 0.3) is 0 Å². The molecule has 2 N–H and O–H groups in total. The number of aliphatic hydroxyl groups is 2. The molecule has 0 rings (SSSR count). The Kier molecular flexibility index (Phi) is 8.48. The zero-order chi connectivity index (χ0) is 21.7. The number of carbonyl (C=O) groups is 6. The summed E-state index contributed by atoms with van der Waals surface area (Å²) < 4.78 is 9.75. The quantitative estimate of drug-likeness (QED) is 0.170. The summed E-state index contributed by atoms with van der Waals surface area (Å²) in [6, 6.07) is 0. The Morgan fingerprint density at radius 3 is 1.59 bits per heavy atom. The summed E-state index contributed by atoms with van der Waals surface area (Å²) in [6.45, 7) is 2.89. The van der Waals surface area contributed by atoms with Crippen LogP contribution in [0.4, 0.5) is 0 Å². The summed E-state index contributed by atoms with van der Waals surface area (Å²) in [5, 5.41) is 18.4. The van der Waals surface area contributed by atoms with E-state index in [9.17, 15) is 39.0 Å². The summed E-state index contributed by atoms with van der Waals surface area (Å²) in [5.41, 5.74) is -6.47.